The Kier molecular flexibility index (Phi) is 4.03. The zero-order valence-corrected chi connectivity index (χ0v) is 12.6. The topological polar surface area (TPSA) is 83.5 Å². The van der Waals surface area contributed by atoms with Gasteiger partial charge in [0, 0.05) is 5.02 Å². The van der Waals surface area contributed by atoms with Gasteiger partial charge >= 0.3 is 5.97 Å². The summed E-state index contributed by atoms with van der Waals surface area (Å²) < 4.78 is 26.8. The number of sulfonamides is 1. The number of anilines is 1. The van der Waals surface area contributed by atoms with Crippen LogP contribution in [0, 0.1) is 6.92 Å². The predicted molar refractivity (Wildman–Crippen MR) is 78.3 cm³/mol. The number of carboxylic acids is 1. The van der Waals surface area contributed by atoms with Crippen molar-refractivity contribution in [2.24, 2.45) is 0 Å². The lowest BCUT2D eigenvalue weighted by molar-refractivity contribution is 0.0702. The molecule has 8 heteroatoms. The molecule has 0 amide bonds. The highest BCUT2D eigenvalue weighted by Gasteiger charge is 2.18. The second-order valence-electron chi connectivity index (χ2n) is 3.98. The lowest BCUT2D eigenvalue weighted by atomic mass is 10.2. The molecule has 1 aromatic heterocycles. The van der Waals surface area contributed by atoms with Crippen molar-refractivity contribution in [3.05, 3.63) is 45.8 Å². The highest BCUT2D eigenvalue weighted by molar-refractivity contribution is 7.93. The molecule has 2 N–H and O–H groups in total. The average molecular weight is 332 g/mol. The summed E-state index contributed by atoms with van der Waals surface area (Å²) in [6.07, 6.45) is 0. The van der Waals surface area contributed by atoms with E-state index in [1.807, 2.05) is 0 Å². The molecule has 0 unspecified atom stereocenters. The van der Waals surface area contributed by atoms with E-state index in [-0.39, 0.29) is 14.8 Å². The monoisotopic (exact) mass is 331 g/mol. The van der Waals surface area contributed by atoms with Crippen molar-refractivity contribution in [1.29, 1.82) is 0 Å². The van der Waals surface area contributed by atoms with Gasteiger partial charge in [-0.15, -0.1) is 11.3 Å². The molecule has 5 nitrogen and oxygen atoms in total. The van der Waals surface area contributed by atoms with Crippen LogP contribution in [0.25, 0.3) is 0 Å². The summed E-state index contributed by atoms with van der Waals surface area (Å²) in [5.41, 5.74) is 0.514. The largest absolute Gasteiger partial charge is 0.477 e. The van der Waals surface area contributed by atoms with E-state index in [0.29, 0.717) is 10.6 Å². The lowest BCUT2D eigenvalue weighted by Gasteiger charge is -2.08. The molecule has 0 saturated heterocycles. The molecule has 1 aromatic carbocycles. The highest BCUT2D eigenvalue weighted by Crippen LogP contribution is 2.26. The molecule has 0 spiro atoms. The van der Waals surface area contributed by atoms with Gasteiger partial charge in [-0.1, -0.05) is 11.6 Å². The lowest BCUT2D eigenvalue weighted by Crippen LogP contribution is -2.13. The van der Waals surface area contributed by atoms with E-state index in [2.05, 4.69) is 4.72 Å². The molecule has 106 valence electrons. The van der Waals surface area contributed by atoms with Crippen LogP contribution in [0.15, 0.2) is 35.2 Å². The number of carbonyl (C=O) groups is 1. The first kappa shape index (κ1) is 14.8. The van der Waals surface area contributed by atoms with E-state index in [9.17, 15) is 13.2 Å². The summed E-state index contributed by atoms with van der Waals surface area (Å²) in [6, 6.07) is 7.20. The number of halogens is 1. The molecule has 1 heterocycles. The molecule has 0 fully saturated rings. The van der Waals surface area contributed by atoms with Crippen LogP contribution >= 0.6 is 22.9 Å². The van der Waals surface area contributed by atoms with Crippen LogP contribution in [0.1, 0.15) is 15.2 Å². The maximum Gasteiger partial charge on any atom is 0.345 e. The van der Waals surface area contributed by atoms with Crippen LogP contribution in [-0.2, 0) is 10.0 Å². The molecule has 0 aliphatic carbocycles. The van der Waals surface area contributed by atoms with E-state index in [1.54, 1.807) is 13.0 Å². The maximum atomic E-state index is 12.2. The zero-order valence-electron chi connectivity index (χ0n) is 10.3. The van der Waals surface area contributed by atoms with Gasteiger partial charge in [0.2, 0.25) is 0 Å². The standard InChI is InChI=1S/C12H10ClNO4S2/c1-7-6-8(13)2-4-10(7)20(17,18)14-11-5-3-9(19-11)12(15)16/h2-6,14H,1H3,(H,15,16). The number of hydrogen-bond donors (Lipinski definition) is 2. The Labute approximate surface area is 124 Å². The molecule has 0 bridgehead atoms. The molecule has 2 rings (SSSR count). The number of rotatable bonds is 4. The third-order valence-electron chi connectivity index (χ3n) is 2.48. The molecule has 0 aliphatic rings. The SMILES string of the molecule is Cc1cc(Cl)ccc1S(=O)(=O)Nc1ccc(C(=O)O)s1. The minimum absolute atomic E-state index is 0.0653. The molecule has 0 aliphatic heterocycles. The summed E-state index contributed by atoms with van der Waals surface area (Å²) in [5, 5.41) is 9.50. The maximum absolute atomic E-state index is 12.2. The molecule has 20 heavy (non-hydrogen) atoms. The predicted octanol–water partition coefficient (Wildman–Crippen LogP) is 3.21. The van der Waals surface area contributed by atoms with E-state index in [0.717, 1.165) is 11.3 Å². The Hall–Kier alpha value is -1.57. The van der Waals surface area contributed by atoms with Crippen LogP contribution in [0.5, 0.6) is 0 Å². The van der Waals surface area contributed by atoms with Crippen LogP contribution < -0.4 is 4.72 Å². The highest BCUT2D eigenvalue weighted by atomic mass is 35.5. The summed E-state index contributed by atoms with van der Waals surface area (Å²) in [4.78, 5) is 10.9. The Morgan fingerprint density at radius 1 is 1.30 bits per heavy atom. The van der Waals surface area contributed by atoms with Crippen LogP contribution in [0.3, 0.4) is 0 Å². The number of nitrogens with one attached hydrogen (secondary N) is 1. The van der Waals surface area contributed by atoms with Gasteiger partial charge in [-0.3, -0.25) is 4.72 Å². The number of hydrogen-bond acceptors (Lipinski definition) is 4. The molecule has 0 radical (unpaired) electrons. The minimum atomic E-state index is -3.76. The van der Waals surface area contributed by atoms with Crippen molar-refractivity contribution >= 4 is 43.9 Å². The summed E-state index contributed by atoms with van der Waals surface area (Å²) >= 11 is 6.64. The van der Waals surface area contributed by atoms with Gasteiger partial charge in [-0.2, -0.15) is 0 Å². The molecular formula is C12H10ClNO4S2. The Morgan fingerprint density at radius 3 is 2.55 bits per heavy atom. The van der Waals surface area contributed by atoms with Gasteiger partial charge in [0.1, 0.15) is 9.88 Å². The number of aromatic carboxylic acids is 1. The Bertz CT molecular complexity index is 768. The summed E-state index contributed by atoms with van der Waals surface area (Å²) in [5.74, 6) is -1.09. The number of benzene rings is 1. The first-order chi connectivity index (χ1) is 9.29. The van der Waals surface area contributed by atoms with Crippen molar-refractivity contribution in [3.63, 3.8) is 0 Å². The fraction of sp³-hybridized carbons (Fsp3) is 0.0833. The number of thiophene rings is 1. The van der Waals surface area contributed by atoms with Crippen LogP contribution in [-0.4, -0.2) is 19.5 Å². The quantitative estimate of drug-likeness (QED) is 0.901. The minimum Gasteiger partial charge on any atom is -0.477 e. The van der Waals surface area contributed by atoms with Gasteiger partial charge < -0.3 is 5.11 Å². The van der Waals surface area contributed by atoms with Gasteiger partial charge in [0.25, 0.3) is 10.0 Å². The number of carboxylic acid groups (broad SMARTS) is 1. The Balaban J connectivity index is 2.33. The van der Waals surface area contributed by atoms with E-state index in [1.165, 1.54) is 24.3 Å². The first-order valence-electron chi connectivity index (χ1n) is 5.42. The van der Waals surface area contributed by atoms with Crippen molar-refractivity contribution in [1.82, 2.24) is 0 Å². The van der Waals surface area contributed by atoms with Gasteiger partial charge in [-0.25, -0.2) is 13.2 Å². The average Bonchev–Trinajstić information content (AvgIpc) is 2.76. The van der Waals surface area contributed by atoms with Gasteiger partial charge in [0.05, 0.1) is 4.90 Å². The normalized spacial score (nSPS) is 11.3. The second kappa shape index (κ2) is 5.43. The van der Waals surface area contributed by atoms with E-state index < -0.39 is 16.0 Å². The van der Waals surface area contributed by atoms with Crippen LogP contribution in [0.2, 0.25) is 5.02 Å². The summed E-state index contributed by atoms with van der Waals surface area (Å²) in [7, 11) is -3.76. The third kappa shape index (κ3) is 3.12. The van der Waals surface area contributed by atoms with E-state index >= 15 is 0 Å². The third-order valence-corrected chi connectivity index (χ3v) is 5.36. The molecule has 2 aromatic rings. The Morgan fingerprint density at radius 2 is 2.00 bits per heavy atom. The fourth-order valence-electron chi connectivity index (χ4n) is 1.61. The number of aryl methyl sites for hydroxylation is 1. The zero-order chi connectivity index (χ0) is 14.9. The van der Waals surface area contributed by atoms with Crippen molar-refractivity contribution in [2.75, 3.05) is 4.72 Å². The van der Waals surface area contributed by atoms with Crippen LogP contribution in [0.4, 0.5) is 5.00 Å². The summed E-state index contributed by atoms with van der Waals surface area (Å²) in [6.45, 7) is 1.64. The van der Waals surface area contributed by atoms with Crippen molar-refractivity contribution < 1.29 is 18.3 Å². The fourth-order valence-corrected chi connectivity index (χ4v) is 4.10. The smallest absolute Gasteiger partial charge is 0.345 e. The first-order valence-corrected chi connectivity index (χ1v) is 8.09. The molecular weight excluding hydrogens is 322 g/mol. The molecule has 0 saturated carbocycles. The second-order valence-corrected chi connectivity index (χ2v) is 7.16. The van der Waals surface area contributed by atoms with Crippen molar-refractivity contribution in [2.45, 2.75) is 11.8 Å². The van der Waals surface area contributed by atoms with Crippen molar-refractivity contribution in [3.8, 4) is 0 Å². The van der Waals surface area contributed by atoms with Gasteiger partial charge in [0.15, 0.2) is 0 Å². The van der Waals surface area contributed by atoms with Gasteiger partial charge in [-0.05, 0) is 42.8 Å². The molecule has 0 atom stereocenters. The van der Waals surface area contributed by atoms with E-state index in [4.69, 9.17) is 16.7 Å².